The summed E-state index contributed by atoms with van der Waals surface area (Å²) in [6.07, 6.45) is 0.961. The number of anilines is 1. The molecule has 0 fully saturated rings. The second kappa shape index (κ2) is 5.38. The lowest BCUT2D eigenvalue weighted by Gasteiger charge is -2.12. The van der Waals surface area contributed by atoms with E-state index in [2.05, 4.69) is 18.3 Å². The van der Waals surface area contributed by atoms with E-state index >= 15 is 0 Å². The highest BCUT2D eigenvalue weighted by atomic mass is 14.9. The SMILES string of the molecule is CCC(N)CNc1ccc(C#N)c(C)c1. The molecule has 0 saturated heterocycles. The van der Waals surface area contributed by atoms with Gasteiger partial charge in [-0.15, -0.1) is 0 Å². The summed E-state index contributed by atoms with van der Waals surface area (Å²) in [5, 5.41) is 12.0. The molecule has 0 aliphatic rings. The number of nitrogens with one attached hydrogen (secondary N) is 1. The van der Waals surface area contributed by atoms with Gasteiger partial charge in [-0.05, 0) is 37.1 Å². The van der Waals surface area contributed by atoms with Gasteiger partial charge < -0.3 is 11.1 Å². The number of benzene rings is 1. The first-order chi connectivity index (χ1) is 7.17. The van der Waals surface area contributed by atoms with Crippen molar-refractivity contribution in [1.82, 2.24) is 0 Å². The number of nitrogens with zero attached hydrogens (tertiary/aromatic N) is 1. The molecular weight excluding hydrogens is 186 g/mol. The molecule has 0 saturated carbocycles. The summed E-state index contributed by atoms with van der Waals surface area (Å²) in [6.45, 7) is 4.77. The van der Waals surface area contributed by atoms with Crippen LogP contribution < -0.4 is 11.1 Å². The van der Waals surface area contributed by atoms with Gasteiger partial charge in [-0.3, -0.25) is 0 Å². The molecule has 0 aromatic heterocycles. The standard InChI is InChI=1S/C12H17N3/c1-3-11(14)8-15-12-5-4-10(7-13)9(2)6-12/h4-6,11,15H,3,8,14H2,1-2H3. The molecule has 1 aromatic carbocycles. The van der Waals surface area contributed by atoms with Crippen LogP contribution in [0.4, 0.5) is 5.69 Å². The highest BCUT2D eigenvalue weighted by molar-refractivity contribution is 5.51. The minimum absolute atomic E-state index is 0.181. The van der Waals surface area contributed by atoms with Crippen molar-refractivity contribution in [3.05, 3.63) is 29.3 Å². The van der Waals surface area contributed by atoms with E-state index in [0.29, 0.717) is 0 Å². The smallest absolute Gasteiger partial charge is 0.0994 e. The van der Waals surface area contributed by atoms with Gasteiger partial charge in [-0.25, -0.2) is 0 Å². The molecule has 0 aliphatic heterocycles. The van der Waals surface area contributed by atoms with Crippen LogP contribution in [0, 0.1) is 18.3 Å². The Balaban J connectivity index is 2.64. The predicted octanol–water partition coefficient (Wildman–Crippen LogP) is 2.02. The molecule has 0 bridgehead atoms. The Labute approximate surface area is 90.9 Å². The number of hydrogen-bond donors (Lipinski definition) is 2. The number of hydrogen-bond acceptors (Lipinski definition) is 3. The average Bonchev–Trinajstić information content (AvgIpc) is 2.26. The van der Waals surface area contributed by atoms with E-state index in [4.69, 9.17) is 11.0 Å². The summed E-state index contributed by atoms with van der Waals surface area (Å²) in [5.74, 6) is 0. The zero-order valence-electron chi connectivity index (χ0n) is 9.25. The molecule has 1 rings (SSSR count). The first kappa shape index (κ1) is 11.5. The molecule has 0 aliphatic carbocycles. The molecule has 1 unspecified atom stereocenters. The quantitative estimate of drug-likeness (QED) is 0.787. The van der Waals surface area contributed by atoms with Gasteiger partial charge in [0.25, 0.3) is 0 Å². The minimum Gasteiger partial charge on any atom is -0.383 e. The Morgan fingerprint density at radius 2 is 2.27 bits per heavy atom. The minimum atomic E-state index is 0.181. The molecule has 0 heterocycles. The lowest BCUT2D eigenvalue weighted by molar-refractivity contribution is 0.679. The van der Waals surface area contributed by atoms with E-state index in [-0.39, 0.29) is 6.04 Å². The van der Waals surface area contributed by atoms with Crippen molar-refractivity contribution in [2.75, 3.05) is 11.9 Å². The van der Waals surface area contributed by atoms with E-state index in [1.807, 2.05) is 25.1 Å². The fourth-order valence-corrected chi connectivity index (χ4v) is 1.29. The monoisotopic (exact) mass is 203 g/mol. The van der Waals surface area contributed by atoms with Gasteiger partial charge >= 0.3 is 0 Å². The second-order valence-corrected chi connectivity index (χ2v) is 3.69. The normalized spacial score (nSPS) is 11.9. The van der Waals surface area contributed by atoms with Gasteiger partial charge in [-0.1, -0.05) is 6.92 Å². The van der Waals surface area contributed by atoms with Crippen molar-refractivity contribution in [2.24, 2.45) is 5.73 Å². The van der Waals surface area contributed by atoms with Crippen molar-refractivity contribution in [3.63, 3.8) is 0 Å². The van der Waals surface area contributed by atoms with Crippen LogP contribution in [-0.4, -0.2) is 12.6 Å². The summed E-state index contributed by atoms with van der Waals surface area (Å²) in [5.41, 5.74) is 8.54. The van der Waals surface area contributed by atoms with E-state index in [0.717, 1.165) is 29.8 Å². The first-order valence-electron chi connectivity index (χ1n) is 5.17. The van der Waals surface area contributed by atoms with Crippen molar-refractivity contribution >= 4 is 5.69 Å². The van der Waals surface area contributed by atoms with Crippen molar-refractivity contribution in [3.8, 4) is 6.07 Å². The van der Waals surface area contributed by atoms with E-state index < -0.39 is 0 Å². The van der Waals surface area contributed by atoms with Crippen LogP contribution in [-0.2, 0) is 0 Å². The van der Waals surface area contributed by atoms with Crippen LogP contribution in [0.5, 0.6) is 0 Å². The predicted molar refractivity (Wildman–Crippen MR) is 62.7 cm³/mol. The second-order valence-electron chi connectivity index (χ2n) is 3.69. The summed E-state index contributed by atoms with van der Waals surface area (Å²) in [4.78, 5) is 0. The molecule has 15 heavy (non-hydrogen) atoms. The molecule has 0 radical (unpaired) electrons. The van der Waals surface area contributed by atoms with Crippen LogP contribution in [0.15, 0.2) is 18.2 Å². The Hall–Kier alpha value is -1.53. The van der Waals surface area contributed by atoms with Gasteiger partial charge in [0.1, 0.15) is 0 Å². The fraction of sp³-hybridized carbons (Fsp3) is 0.417. The fourth-order valence-electron chi connectivity index (χ4n) is 1.29. The van der Waals surface area contributed by atoms with E-state index in [9.17, 15) is 0 Å². The molecule has 3 heteroatoms. The summed E-state index contributed by atoms with van der Waals surface area (Å²) in [6, 6.07) is 8.04. The molecule has 1 atom stereocenters. The van der Waals surface area contributed by atoms with Gasteiger partial charge in [0.05, 0.1) is 11.6 Å². The van der Waals surface area contributed by atoms with Crippen LogP contribution in [0.2, 0.25) is 0 Å². The van der Waals surface area contributed by atoms with Gasteiger partial charge in [0.15, 0.2) is 0 Å². The van der Waals surface area contributed by atoms with E-state index in [1.165, 1.54) is 0 Å². The van der Waals surface area contributed by atoms with Crippen LogP contribution in [0.25, 0.3) is 0 Å². The lowest BCUT2D eigenvalue weighted by atomic mass is 10.1. The van der Waals surface area contributed by atoms with E-state index in [1.54, 1.807) is 0 Å². The third kappa shape index (κ3) is 3.26. The Bertz CT molecular complexity index is 366. The van der Waals surface area contributed by atoms with Gasteiger partial charge in [0, 0.05) is 18.3 Å². The molecular formula is C12H17N3. The molecule has 80 valence electrons. The van der Waals surface area contributed by atoms with Crippen molar-refractivity contribution in [1.29, 1.82) is 5.26 Å². The van der Waals surface area contributed by atoms with Gasteiger partial charge in [-0.2, -0.15) is 5.26 Å². The maximum atomic E-state index is 8.78. The van der Waals surface area contributed by atoms with Gasteiger partial charge in [0.2, 0.25) is 0 Å². The maximum Gasteiger partial charge on any atom is 0.0994 e. The number of rotatable bonds is 4. The third-order valence-corrected chi connectivity index (χ3v) is 2.44. The largest absolute Gasteiger partial charge is 0.383 e. The zero-order chi connectivity index (χ0) is 11.3. The molecule has 3 nitrogen and oxygen atoms in total. The van der Waals surface area contributed by atoms with Crippen LogP contribution in [0.1, 0.15) is 24.5 Å². The van der Waals surface area contributed by atoms with Crippen molar-refractivity contribution in [2.45, 2.75) is 26.3 Å². The molecule has 0 spiro atoms. The maximum absolute atomic E-state index is 8.78. The number of aryl methyl sites for hydroxylation is 1. The number of nitriles is 1. The highest BCUT2D eigenvalue weighted by Gasteiger charge is 2.01. The Kier molecular flexibility index (Phi) is 4.14. The number of nitrogens with two attached hydrogens (primary N) is 1. The molecule has 1 aromatic rings. The average molecular weight is 203 g/mol. The summed E-state index contributed by atoms with van der Waals surface area (Å²) >= 11 is 0. The summed E-state index contributed by atoms with van der Waals surface area (Å²) < 4.78 is 0. The van der Waals surface area contributed by atoms with Crippen LogP contribution in [0.3, 0.4) is 0 Å². The highest BCUT2D eigenvalue weighted by Crippen LogP contribution is 2.14. The lowest BCUT2D eigenvalue weighted by Crippen LogP contribution is -2.27. The van der Waals surface area contributed by atoms with Crippen molar-refractivity contribution < 1.29 is 0 Å². The first-order valence-corrected chi connectivity index (χ1v) is 5.17. The third-order valence-electron chi connectivity index (χ3n) is 2.44. The topological polar surface area (TPSA) is 61.8 Å². The molecule has 3 N–H and O–H groups in total. The zero-order valence-corrected chi connectivity index (χ0v) is 9.25. The molecule has 0 amide bonds. The van der Waals surface area contributed by atoms with Crippen LogP contribution >= 0.6 is 0 Å². The Morgan fingerprint density at radius 1 is 1.53 bits per heavy atom. The summed E-state index contributed by atoms with van der Waals surface area (Å²) in [7, 11) is 0. The Morgan fingerprint density at radius 3 is 2.80 bits per heavy atom.